The molecule has 2 aromatic carbocycles. The minimum Gasteiger partial charge on any atom is -0.487 e. The van der Waals surface area contributed by atoms with E-state index in [4.69, 9.17) is 4.74 Å². The Balaban J connectivity index is 1.33. The fourth-order valence-electron chi connectivity index (χ4n) is 3.44. The largest absolute Gasteiger partial charge is 0.487 e. The number of hydrogen-bond acceptors (Lipinski definition) is 3. The first-order valence-corrected chi connectivity index (χ1v) is 9.30. The number of fused-ring (bicyclic) bond motifs is 2. The molecule has 0 amide bonds. The molecule has 0 aliphatic carbocycles. The normalized spacial score (nSPS) is 11.1. The van der Waals surface area contributed by atoms with Crippen LogP contribution in [0.1, 0.15) is 11.3 Å². The van der Waals surface area contributed by atoms with Crippen molar-refractivity contribution in [2.75, 3.05) is 0 Å². The summed E-state index contributed by atoms with van der Waals surface area (Å²) < 4.78 is 8.22. The Hall–Kier alpha value is -3.66. The van der Waals surface area contributed by atoms with E-state index >= 15 is 0 Å². The highest BCUT2D eigenvalue weighted by molar-refractivity contribution is 5.82. The zero-order valence-corrected chi connectivity index (χ0v) is 15.3. The molecule has 3 heterocycles. The van der Waals surface area contributed by atoms with Gasteiger partial charge in [0.1, 0.15) is 12.4 Å². The van der Waals surface area contributed by atoms with E-state index in [1.165, 1.54) is 11.1 Å². The summed E-state index contributed by atoms with van der Waals surface area (Å²) in [5.41, 5.74) is 4.28. The smallest absolute Gasteiger partial charge is 0.130 e. The van der Waals surface area contributed by atoms with Gasteiger partial charge in [0.15, 0.2) is 0 Å². The number of rotatable bonds is 5. The summed E-state index contributed by atoms with van der Waals surface area (Å²) in [6, 6.07) is 24.6. The Labute approximate surface area is 163 Å². The molecule has 4 nitrogen and oxygen atoms in total. The van der Waals surface area contributed by atoms with Gasteiger partial charge in [0, 0.05) is 41.4 Å². The zero-order valence-electron chi connectivity index (χ0n) is 15.3. The van der Waals surface area contributed by atoms with Crippen LogP contribution in [0.25, 0.3) is 21.8 Å². The summed E-state index contributed by atoms with van der Waals surface area (Å²) in [5, 5.41) is 2.30. The fraction of sp³-hybridized carbons (Fsp3) is 0.0833. The second-order valence-corrected chi connectivity index (χ2v) is 6.81. The van der Waals surface area contributed by atoms with E-state index in [9.17, 15) is 0 Å². The molecule has 0 aliphatic rings. The molecule has 0 unspecified atom stereocenters. The van der Waals surface area contributed by atoms with Gasteiger partial charge in [0.05, 0.1) is 11.2 Å². The Morgan fingerprint density at radius 2 is 1.82 bits per heavy atom. The van der Waals surface area contributed by atoms with Crippen LogP contribution in [-0.4, -0.2) is 14.5 Å². The van der Waals surface area contributed by atoms with Gasteiger partial charge < -0.3 is 9.30 Å². The summed E-state index contributed by atoms with van der Waals surface area (Å²) in [6.07, 6.45) is 5.80. The highest BCUT2D eigenvalue weighted by atomic mass is 16.5. The number of aromatic nitrogens is 3. The third kappa shape index (κ3) is 3.32. The van der Waals surface area contributed by atoms with Crippen LogP contribution in [0.2, 0.25) is 0 Å². The lowest BCUT2D eigenvalue weighted by atomic mass is 10.2. The molecule has 0 spiro atoms. The average Bonchev–Trinajstić information content (AvgIpc) is 3.15. The van der Waals surface area contributed by atoms with Gasteiger partial charge in [0.2, 0.25) is 0 Å². The first kappa shape index (κ1) is 16.5. The maximum absolute atomic E-state index is 5.99. The van der Waals surface area contributed by atoms with Crippen LogP contribution in [0.15, 0.2) is 91.4 Å². The molecule has 136 valence electrons. The number of para-hydroxylation sites is 1. The topological polar surface area (TPSA) is 39.9 Å². The van der Waals surface area contributed by atoms with Crippen molar-refractivity contribution in [3.63, 3.8) is 0 Å². The molecular formula is C24H19N3O. The third-order valence-electron chi connectivity index (χ3n) is 4.86. The van der Waals surface area contributed by atoms with Crippen LogP contribution >= 0.6 is 0 Å². The van der Waals surface area contributed by atoms with E-state index < -0.39 is 0 Å². The van der Waals surface area contributed by atoms with Crippen molar-refractivity contribution in [2.45, 2.75) is 13.2 Å². The van der Waals surface area contributed by atoms with Crippen molar-refractivity contribution in [1.29, 1.82) is 0 Å². The molecule has 5 rings (SSSR count). The number of pyridine rings is 2. The molecular weight excluding hydrogens is 346 g/mol. The number of ether oxygens (including phenoxy) is 1. The van der Waals surface area contributed by atoms with Crippen LogP contribution in [0, 0.1) is 0 Å². The number of nitrogens with zero attached hydrogens (tertiary/aromatic N) is 3. The predicted molar refractivity (Wildman–Crippen MR) is 111 cm³/mol. The SMILES string of the molecule is c1cncc(Cn2ccc3cc(OCc4ccc5ccccc5n4)ccc32)c1. The van der Waals surface area contributed by atoms with Crippen molar-refractivity contribution >= 4 is 21.8 Å². The molecule has 28 heavy (non-hydrogen) atoms. The average molecular weight is 365 g/mol. The van der Waals surface area contributed by atoms with Crippen molar-refractivity contribution < 1.29 is 4.74 Å². The maximum Gasteiger partial charge on any atom is 0.130 e. The van der Waals surface area contributed by atoms with E-state index in [1.54, 1.807) is 6.20 Å². The lowest BCUT2D eigenvalue weighted by Gasteiger charge is -2.08. The van der Waals surface area contributed by atoms with E-state index in [-0.39, 0.29) is 0 Å². The number of benzene rings is 2. The third-order valence-corrected chi connectivity index (χ3v) is 4.86. The Morgan fingerprint density at radius 1 is 0.857 bits per heavy atom. The first-order valence-electron chi connectivity index (χ1n) is 9.30. The van der Waals surface area contributed by atoms with Gasteiger partial charge in [-0.1, -0.05) is 30.3 Å². The van der Waals surface area contributed by atoms with Crippen LogP contribution in [0.4, 0.5) is 0 Å². The first-order chi connectivity index (χ1) is 13.8. The van der Waals surface area contributed by atoms with E-state index in [0.717, 1.165) is 34.3 Å². The lowest BCUT2D eigenvalue weighted by Crippen LogP contribution is -1.99. The Kier molecular flexibility index (Phi) is 4.22. The molecule has 0 N–H and O–H groups in total. The van der Waals surface area contributed by atoms with Gasteiger partial charge >= 0.3 is 0 Å². The van der Waals surface area contributed by atoms with Gasteiger partial charge in [-0.3, -0.25) is 4.98 Å². The highest BCUT2D eigenvalue weighted by Crippen LogP contribution is 2.23. The second kappa shape index (κ2) is 7.16. The number of hydrogen-bond donors (Lipinski definition) is 0. The van der Waals surface area contributed by atoms with Crippen molar-refractivity contribution in [2.24, 2.45) is 0 Å². The van der Waals surface area contributed by atoms with E-state index in [1.807, 2.05) is 42.6 Å². The van der Waals surface area contributed by atoms with Gasteiger partial charge in [-0.25, -0.2) is 4.98 Å². The molecule has 0 bridgehead atoms. The lowest BCUT2D eigenvalue weighted by molar-refractivity contribution is 0.302. The molecule has 4 heteroatoms. The summed E-state index contributed by atoms with van der Waals surface area (Å²) in [6.45, 7) is 1.26. The summed E-state index contributed by atoms with van der Waals surface area (Å²) in [7, 11) is 0. The van der Waals surface area contributed by atoms with Gasteiger partial charge in [-0.05, 0) is 48.0 Å². The minimum atomic E-state index is 0.451. The quantitative estimate of drug-likeness (QED) is 0.429. The summed E-state index contributed by atoms with van der Waals surface area (Å²) in [4.78, 5) is 8.86. The molecule has 0 radical (unpaired) electrons. The Bertz CT molecular complexity index is 1240. The van der Waals surface area contributed by atoms with E-state index in [2.05, 4.69) is 57.1 Å². The summed E-state index contributed by atoms with van der Waals surface area (Å²) in [5.74, 6) is 0.849. The molecule has 0 saturated heterocycles. The second-order valence-electron chi connectivity index (χ2n) is 6.81. The summed E-state index contributed by atoms with van der Waals surface area (Å²) >= 11 is 0. The molecule has 5 aromatic rings. The minimum absolute atomic E-state index is 0.451. The van der Waals surface area contributed by atoms with Crippen molar-refractivity contribution in [3.05, 3.63) is 103 Å². The molecule has 3 aromatic heterocycles. The molecule has 0 fully saturated rings. The predicted octanol–water partition coefficient (Wildman–Crippen LogP) is 5.21. The van der Waals surface area contributed by atoms with Gasteiger partial charge in [-0.2, -0.15) is 0 Å². The maximum atomic E-state index is 5.99. The van der Waals surface area contributed by atoms with E-state index in [0.29, 0.717) is 6.61 Å². The van der Waals surface area contributed by atoms with Crippen LogP contribution in [0.3, 0.4) is 0 Å². The van der Waals surface area contributed by atoms with Crippen LogP contribution < -0.4 is 4.74 Å². The van der Waals surface area contributed by atoms with Crippen molar-refractivity contribution in [3.8, 4) is 5.75 Å². The molecule has 0 saturated carbocycles. The van der Waals surface area contributed by atoms with Gasteiger partial charge in [0.25, 0.3) is 0 Å². The van der Waals surface area contributed by atoms with Crippen LogP contribution in [-0.2, 0) is 13.2 Å². The highest BCUT2D eigenvalue weighted by Gasteiger charge is 2.05. The Morgan fingerprint density at radius 3 is 2.75 bits per heavy atom. The van der Waals surface area contributed by atoms with Crippen molar-refractivity contribution in [1.82, 2.24) is 14.5 Å². The fourth-order valence-corrected chi connectivity index (χ4v) is 3.44. The molecule has 0 aliphatic heterocycles. The molecule has 0 atom stereocenters. The zero-order chi connectivity index (χ0) is 18.8. The monoisotopic (exact) mass is 365 g/mol. The standard InChI is InChI=1S/C24H19N3O/c1-2-6-23-19(5-1)7-8-21(26-23)17-28-22-9-10-24-20(14-22)11-13-27(24)16-18-4-3-12-25-15-18/h1-15H,16-17H2. The van der Waals surface area contributed by atoms with Crippen LogP contribution in [0.5, 0.6) is 5.75 Å². The van der Waals surface area contributed by atoms with Gasteiger partial charge in [-0.15, -0.1) is 0 Å².